The van der Waals surface area contributed by atoms with Crippen LogP contribution in [0.2, 0.25) is 0 Å². The van der Waals surface area contributed by atoms with Crippen molar-refractivity contribution in [1.82, 2.24) is 0 Å². The molecule has 3 unspecified atom stereocenters. The molecule has 0 aliphatic heterocycles. The summed E-state index contributed by atoms with van der Waals surface area (Å²) in [6.45, 7) is 7.90. The van der Waals surface area contributed by atoms with E-state index >= 15 is 0 Å². The average Bonchev–Trinajstić information content (AvgIpc) is 3.06. The minimum absolute atomic E-state index is 0.0212. The fraction of sp³-hybridized carbons (Fsp3) is 1.00. The second-order valence-electron chi connectivity index (χ2n) is 15.1. The van der Waals surface area contributed by atoms with Crippen molar-refractivity contribution in [3.8, 4) is 0 Å². The van der Waals surface area contributed by atoms with E-state index in [1.807, 2.05) is 0 Å². The quantitative estimate of drug-likeness (QED) is 0.0450. The molecule has 0 bridgehead atoms. The maximum atomic E-state index is 9.86. The van der Waals surface area contributed by atoms with Crippen LogP contribution in [0.4, 0.5) is 0 Å². The molecule has 46 heavy (non-hydrogen) atoms. The molecule has 0 aromatic heterocycles. The molecule has 0 fully saturated rings. The monoisotopic (exact) mass is 671 g/mol. The predicted octanol–water partition coefficient (Wildman–Crippen LogP) is 13.1. The Labute approximate surface area is 292 Å². The second-order valence-corrected chi connectivity index (χ2v) is 17.8. The van der Waals surface area contributed by atoms with Gasteiger partial charge in [0.25, 0.3) is 0 Å². The standard InChI is InChI=1S/C42H87O3P/c1-4-7-10-13-16-19-22-25-40(28-34-43)31-37-46(38-32-41(29-35-44)26-23-20-17-14-11-8-5-2)39-33-42(30-36-45)27-24-21-18-15-12-9-6-3/h40-45H,4-39H2,1-3H3. The summed E-state index contributed by atoms with van der Waals surface area (Å²) in [6, 6.07) is 0. The third kappa shape index (κ3) is 31.6. The third-order valence-electron chi connectivity index (χ3n) is 10.8. The highest BCUT2D eigenvalue weighted by Gasteiger charge is 2.18. The first-order valence-electron chi connectivity index (χ1n) is 21.2. The molecule has 3 nitrogen and oxygen atoms in total. The number of aliphatic hydroxyl groups is 3. The first-order valence-corrected chi connectivity index (χ1v) is 23.1. The van der Waals surface area contributed by atoms with Gasteiger partial charge in [0.15, 0.2) is 0 Å². The number of hydrogen-bond acceptors (Lipinski definition) is 3. The molecule has 0 aromatic carbocycles. The largest absolute Gasteiger partial charge is 0.396 e. The molecule has 278 valence electrons. The topological polar surface area (TPSA) is 60.7 Å². The Morgan fingerprint density at radius 3 is 0.783 bits per heavy atom. The molecule has 0 saturated heterocycles. The molecule has 0 aliphatic rings. The van der Waals surface area contributed by atoms with Gasteiger partial charge in [0.05, 0.1) is 0 Å². The van der Waals surface area contributed by atoms with Crippen LogP contribution in [-0.4, -0.2) is 53.6 Å². The summed E-state index contributed by atoms with van der Waals surface area (Å²) in [4.78, 5) is 0. The molecule has 0 rings (SSSR count). The maximum Gasteiger partial charge on any atom is 0.0433 e. The fourth-order valence-corrected chi connectivity index (χ4v) is 10.3. The van der Waals surface area contributed by atoms with Gasteiger partial charge in [-0.05, 0) is 74.8 Å². The summed E-state index contributed by atoms with van der Waals surface area (Å²) in [6.07, 6.45) is 43.6. The van der Waals surface area contributed by atoms with E-state index in [9.17, 15) is 15.3 Å². The maximum absolute atomic E-state index is 9.86. The molecular weight excluding hydrogens is 583 g/mol. The first-order chi connectivity index (χ1) is 22.6. The molecule has 0 aromatic rings. The molecule has 0 heterocycles. The number of unbranched alkanes of at least 4 members (excludes halogenated alkanes) is 18. The van der Waals surface area contributed by atoms with E-state index in [1.165, 1.54) is 192 Å². The van der Waals surface area contributed by atoms with Crippen LogP contribution in [0.5, 0.6) is 0 Å². The van der Waals surface area contributed by atoms with Crippen LogP contribution < -0.4 is 0 Å². The summed E-state index contributed by atoms with van der Waals surface area (Å²) in [5, 5.41) is 29.6. The number of aliphatic hydroxyl groups excluding tert-OH is 3. The van der Waals surface area contributed by atoms with Crippen molar-refractivity contribution in [2.75, 3.05) is 38.3 Å². The predicted molar refractivity (Wildman–Crippen MR) is 209 cm³/mol. The Morgan fingerprint density at radius 2 is 0.543 bits per heavy atom. The second kappa shape index (κ2) is 38.1. The van der Waals surface area contributed by atoms with Crippen molar-refractivity contribution in [2.24, 2.45) is 17.8 Å². The Bertz CT molecular complexity index is 483. The lowest BCUT2D eigenvalue weighted by atomic mass is 9.95. The van der Waals surface area contributed by atoms with Crippen LogP contribution >= 0.6 is 7.92 Å². The molecule has 3 atom stereocenters. The van der Waals surface area contributed by atoms with E-state index in [1.54, 1.807) is 0 Å². The highest BCUT2D eigenvalue weighted by atomic mass is 31.1. The number of hydrogen-bond donors (Lipinski definition) is 3. The lowest BCUT2D eigenvalue weighted by Crippen LogP contribution is -2.12. The van der Waals surface area contributed by atoms with E-state index in [2.05, 4.69) is 20.8 Å². The van der Waals surface area contributed by atoms with Crippen LogP contribution in [0.25, 0.3) is 0 Å². The van der Waals surface area contributed by atoms with Crippen molar-refractivity contribution >= 4 is 7.92 Å². The van der Waals surface area contributed by atoms with Crippen molar-refractivity contribution in [3.63, 3.8) is 0 Å². The van der Waals surface area contributed by atoms with Crippen LogP contribution in [0.1, 0.15) is 213 Å². The minimum atomic E-state index is -0.0212. The summed E-state index contributed by atoms with van der Waals surface area (Å²) in [7, 11) is -0.0212. The van der Waals surface area contributed by atoms with Gasteiger partial charge in [-0.15, -0.1) is 7.92 Å². The summed E-state index contributed by atoms with van der Waals surface area (Å²) in [5.41, 5.74) is 0. The molecule has 0 amide bonds. The van der Waals surface area contributed by atoms with Crippen molar-refractivity contribution in [3.05, 3.63) is 0 Å². The van der Waals surface area contributed by atoms with Gasteiger partial charge in [-0.1, -0.05) is 175 Å². The third-order valence-corrected chi connectivity index (χ3v) is 13.5. The van der Waals surface area contributed by atoms with Gasteiger partial charge >= 0.3 is 0 Å². The Balaban J connectivity index is 4.99. The molecular formula is C42H87O3P. The fourth-order valence-electron chi connectivity index (χ4n) is 7.45. The van der Waals surface area contributed by atoms with E-state index in [4.69, 9.17) is 0 Å². The van der Waals surface area contributed by atoms with E-state index in [0.717, 1.165) is 19.3 Å². The zero-order valence-electron chi connectivity index (χ0n) is 32.0. The van der Waals surface area contributed by atoms with Crippen LogP contribution in [-0.2, 0) is 0 Å². The van der Waals surface area contributed by atoms with Crippen LogP contribution in [0, 0.1) is 17.8 Å². The summed E-state index contributed by atoms with van der Waals surface area (Å²) < 4.78 is 0. The molecule has 0 radical (unpaired) electrons. The normalized spacial score (nSPS) is 14.5. The average molecular weight is 671 g/mol. The zero-order valence-corrected chi connectivity index (χ0v) is 32.9. The summed E-state index contributed by atoms with van der Waals surface area (Å²) in [5.74, 6) is 2.06. The van der Waals surface area contributed by atoms with E-state index < -0.39 is 0 Å². The lowest BCUT2D eigenvalue weighted by molar-refractivity contribution is 0.246. The smallest absolute Gasteiger partial charge is 0.0433 e. The van der Waals surface area contributed by atoms with Gasteiger partial charge < -0.3 is 15.3 Å². The highest BCUT2D eigenvalue weighted by Crippen LogP contribution is 2.42. The zero-order chi connectivity index (χ0) is 33.8. The van der Waals surface area contributed by atoms with E-state index in [-0.39, 0.29) is 7.92 Å². The first kappa shape index (κ1) is 46.3. The molecule has 3 N–H and O–H groups in total. The Kier molecular flexibility index (Phi) is 38.4. The van der Waals surface area contributed by atoms with Gasteiger partial charge in [-0.2, -0.15) is 0 Å². The van der Waals surface area contributed by atoms with Gasteiger partial charge in [0, 0.05) is 19.8 Å². The van der Waals surface area contributed by atoms with Gasteiger partial charge in [0.1, 0.15) is 0 Å². The van der Waals surface area contributed by atoms with Crippen molar-refractivity contribution in [1.29, 1.82) is 0 Å². The van der Waals surface area contributed by atoms with Crippen LogP contribution in [0.15, 0.2) is 0 Å². The molecule has 0 aliphatic carbocycles. The molecule has 4 heteroatoms. The van der Waals surface area contributed by atoms with Crippen molar-refractivity contribution in [2.45, 2.75) is 213 Å². The minimum Gasteiger partial charge on any atom is -0.396 e. The van der Waals surface area contributed by atoms with E-state index in [0.29, 0.717) is 37.6 Å². The van der Waals surface area contributed by atoms with Gasteiger partial charge in [-0.25, -0.2) is 0 Å². The van der Waals surface area contributed by atoms with Gasteiger partial charge in [0.2, 0.25) is 0 Å². The highest BCUT2D eigenvalue weighted by molar-refractivity contribution is 7.57. The summed E-state index contributed by atoms with van der Waals surface area (Å²) >= 11 is 0. The lowest BCUT2D eigenvalue weighted by Gasteiger charge is -2.26. The van der Waals surface area contributed by atoms with Gasteiger partial charge in [-0.3, -0.25) is 0 Å². The van der Waals surface area contributed by atoms with Crippen LogP contribution in [0.3, 0.4) is 0 Å². The SMILES string of the molecule is CCCCCCCCCC(CCO)CCP(CCC(CCO)CCCCCCCCC)CCC(CCO)CCCCCCCCC. The van der Waals surface area contributed by atoms with Crippen molar-refractivity contribution < 1.29 is 15.3 Å². The number of rotatable bonds is 39. The Morgan fingerprint density at radius 1 is 0.304 bits per heavy atom. The molecule has 0 spiro atoms. The molecule has 0 saturated carbocycles. The Hall–Kier alpha value is 0.310.